The van der Waals surface area contributed by atoms with E-state index in [1.165, 1.54) is 17.8 Å². The molecule has 0 aromatic carbocycles. The Morgan fingerprint density at radius 1 is 1.29 bits per heavy atom. The van der Waals surface area contributed by atoms with Gasteiger partial charge in [-0.1, -0.05) is 0 Å². The summed E-state index contributed by atoms with van der Waals surface area (Å²) in [5.41, 5.74) is 0. The van der Waals surface area contributed by atoms with Gasteiger partial charge in [-0.2, -0.15) is 0 Å². The van der Waals surface area contributed by atoms with Crippen molar-refractivity contribution < 1.29 is 0 Å². The summed E-state index contributed by atoms with van der Waals surface area (Å²) in [7, 11) is 4.09. The lowest BCUT2D eigenvalue weighted by Crippen LogP contribution is -2.52. The Balaban J connectivity index is 1.66. The molecule has 0 unspecified atom stereocenters. The van der Waals surface area contributed by atoms with Crippen LogP contribution < -0.4 is 10.2 Å². The third-order valence-electron chi connectivity index (χ3n) is 4.71. The average Bonchev–Trinajstić information content (AvgIpc) is 3.12. The lowest BCUT2D eigenvalue weighted by Gasteiger charge is -2.37. The molecule has 1 aliphatic rings. The summed E-state index contributed by atoms with van der Waals surface area (Å²) in [5, 5.41) is 7.07. The van der Waals surface area contributed by atoms with Crippen LogP contribution in [-0.2, 0) is 0 Å². The van der Waals surface area contributed by atoms with E-state index in [9.17, 15) is 0 Å². The zero-order valence-electron chi connectivity index (χ0n) is 15.7. The average molecular weight is 352 g/mol. The summed E-state index contributed by atoms with van der Waals surface area (Å²) in [6.07, 6.45) is 2.41. The van der Waals surface area contributed by atoms with E-state index < -0.39 is 0 Å². The number of nitrogens with zero attached hydrogens (tertiary/aromatic N) is 4. The molecule has 24 heavy (non-hydrogen) atoms. The van der Waals surface area contributed by atoms with Crippen LogP contribution in [0.2, 0.25) is 0 Å². The number of nitrogens with one attached hydrogen (secondary N) is 1. The van der Waals surface area contributed by atoms with Crippen LogP contribution in [0, 0.1) is 0 Å². The summed E-state index contributed by atoms with van der Waals surface area (Å²) in [4.78, 5) is 11.7. The highest BCUT2D eigenvalue weighted by molar-refractivity contribution is 7.14. The number of hydrogen-bond acceptors (Lipinski definition) is 4. The third-order valence-corrected chi connectivity index (χ3v) is 5.64. The minimum Gasteiger partial charge on any atom is -0.360 e. The van der Waals surface area contributed by atoms with Crippen LogP contribution in [0.3, 0.4) is 0 Å². The van der Waals surface area contributed by atoms with Crippen molar-refractivity contribution in [1.82, 2.24) is 15.1 Å². The second-order valence-electron chi connectivity index (χ2n) is 6.68. The van der Waals surface area contributed by atoms with E-state index in [4.69, 9.17) is 0 Å². The molecule has 1 aromatic rings. The Morgan fingerprint density at radius 3 is 2.62 bits per heavy atom. The zero-order valence-corrected chi connectivity index (χ0v) is 16.5. The molecule has 1 fully saturated rings. The van der Waals surface area contributed by atoms with E-state index >= 15 is 0 Å². The quantitative estimate of drug-likeness (QED) is 0.465. The maximum absolute atomic E-state index is 4.47. The van der Waals surface area contributed by atoms with Crippen molar-refractivity contribution in [2.75, 3.05) is 58.3 Å². The molecule has 0 amide bonds. The van der Waals surface area contributed by atoms with Crippen LogP contribution in [0.4, 0.5) is 5.00 Å². The third kappa shape index (κ3) is 5.67. The van der Waals surface area contributed by atoms with Crippen LogP contribution in [0.5, 0.6) is 0 Å². The molecule has 1 aliphatic heterocycles. The van der Waals surface area contributed by atoms with Crippen molar-refractivity contribution in [3.8, 4) is 0 Å². The van der Waals surface area contributed by atoms with Gasteiger partial charge < -0.3 is 20.0 Å². The smallest absolute Gasteiger partial charge is 0.193 e. The van der Waals surface area contributed by atoms with Crippen LogP contribution in [0.25, 0.3) is 0 Å². The standard InChI is InChI=1S/C18H33N5S/c1-16(2)21(4)10-6-5-9-20-18(19-3)23-13-11-22(12-14-23)17-8-7-15-24-17/h7-8,15-16H,5-6,9-14H2,1-4H3,(H,19,20). The molecule has 1 saturated heterocycles. The zero-order chi connectivity index (χ0) is 17.4. The minimum absolute atomic E-state index is 0.630. The maximum Gasteiger partial charge on any atom is 0.193 e. The summed E-state index contributed by atoms with van der Waals surface area (Å²) >= 11 is 1.83. The van der Waals surface area contributed by atoms with Gasteiger partial charge in [-0.15, -0.1) is 11.3 Å². The van der Waals surface area contributed by atoms with Crippen molar-refractivity contribution in [3.63, 3.8) is 0 Å². The Morgan fingerprint density at radius 2 is 2.04 bits per heavy atom. The van der Waals surface area contributed by atoms with E-state index in [-0.39, 0.29) is 0 Å². The van der Waals surface area contributed by atoms with Crippen molar-refractivity contribution in [1.29, 1.82) is 0 Å². The molecule has 0 spiro atoms. The Kier molecular flexibility index (Phi) is 7.85. The van der Waals surface area contributed by atoms with Gasteiger partial charge in [0.2, 0.25) is 0 Å². The Labute approximate surface area is 151 Å². The topological polar surface area (TPSA) is 34.1 Å². The number of aliphatic imine (C=N–C) groups is 1. The Hall–Kier alpha value is -1.27. The molecule has 0 saturated carbocycles. The summed E-state index contributed by atoms with van der Waals surface area (Å²) < 4.78 is 0. The number of guanidine groups is 1. The molecule has 0 bridgehead atoms. The lowest BCUT2D eigenvalue weighted by molar-refractivity contribution is 0.268. The molecule has 5 nitrogen and oxygen atoms in total. The summed E-state index contributed by atoms with van der Waals surface area (Å²) in [6.45, 7) is 10.9. The number of thiophene rings is 1. The highest BCUT2D eigenvalue weighted by Gasteiger charge is 2.19. The van der Waals surface area contributed by atoms with Gasteiger partial charge in [-0.3, -0.25) is 4.99 Å². The maximum atomic E-state index is 4.47. The monoisotopic (exact) mass is 351 g/mol. The highest BCUT2D eigenvalue weighted by atomic mass is 32.1. The van der Waals surface area contributed by atoms with E-state index in [1.54, 1.807) is 0 Å². The van der Waals surface area contributed by atoms with Crippen molar-refractivity contribution in [2.45, 2.75) is 32.7 Å². The second-order valence-corrected chi connectivity index (χ2v) is 7.61. The molecular weight excluding hydrogens is 318 g/mol. The van der Waals surface area contributed by atoms with E-state index in [0.717, 1.165) is 45.2 Å². The van der Waals surface area contributed by atoms with E-state index in [1.807, 2.05) is 18.4 Å². The number of rotatable bonds is 7. The predicted molar refractivity (Wildman–Crippen MR) is 106 cm³/mol. The number of piperazine rings is 1. The van der Waals surface area contributed by atoms with E-state index in [2.05, 4.69) is 63.4 Å². The second kappa shape index (κ2) is 9.89. The fourth-order valence-corrected chi connectivity index (χ4v) is 3.65. The fraction of sp³-hybridized carbons (Fsp3) is 0.722. The summed E-state index contributed by atoms with van der Waals surface area (Å²) in [5.74, 6) is 1.05. The number of unbranched alkanes of at least 4 members (excludes halogenated alkanes) is 1. The molecule has 0 aliphatic carbocycles. The fourth-order valence-electron chi connectivity index (χ4n) is 2.87. The van der Waals surface area contributed by atoms with Gasteiger partial charge in [-0.05, 0) is 57.8 Å². The molecule has 136 valence electrons. The summed E-state index contributed by atoms with van der Waals surface area (Å²) in [6, 6.07) is 4.97. The first-order chi connectivity index (χ1) is 11.6. The number of hydrogen-bond donors (Lipinski definition) is 1. The minimum atomic E-state index is 0.630. The predicted octanol–water partition coefficient (Wildman–Crippen LogP) is 2.57. The SMILES string of the molecule is CN=C(NCCCCN(C)C(C)C)N1CCN(c2cccs2)CC1. The first kappa shape index (κ1) is 19.1. The van der Waals surface area contributed by atoms with Gasteiger partial charge in [0.25, 0.3) is 0 Å². The van der Waals surface area contributed by atoms with Crippen LogP contribution >= 0.6 is 11.3 Å². The molecule has 0 atom stereocenters. The van der Waals surface area contributed by atoms with Gasteiger partial charge in [0.1, 0.15) is 0 Å². The molecule has 2 rings (SSSR count). The molecule has 1 N–H and O–H groups in total. The molecule has 1 aromatic heterocycles. The number of anilines is 1. The van der Waals surface area contributed by atoms with Gasteiger partial charge in [0, 0.05) is 45.8 Å². The first-order valence-corrected chi connectivity index (χ1v) is 9.94. The highest BCUT2D eigenvalue weighted by Crippen LogP contribution is 2.22. The van der Waals surface area contributed by atoms with Gasteiger partial charge in [0.05, 0.1) is 5.00 Å². The molecule has 6 heteroatoms. The van der Waals surface area contributed by atoms with E-state index in [0.29, 0.717) is 6.04 Å². The van der Waals surface area contributed by atoms with Crippen LogP contribution in [0.1, 0.15) is 26.7 Å². The van der Waals surface area contributed by atoms with Crippen molar-refractivity contribution >= 4 is 22.3 Å². The molecular formula is C18H33N5S. The normalized spacial score (nSPS) is 16.3. The van der Waals surface area contributed by atoms with Gasteiger partial charge in [0.15, 0.2) is 5.96 Å². The first-order valence-electron chi connectivity index (χ1n) is 9.06. The Bertz CT molecular complexity index is 478. The lowest BCUT2D eigenvalue weighted by atomic mass is 10.2. The molecule has 2 heterocycles. The van der Waals surface area contributed by atoms with Gasteiger partial charge in [-0.25, -0.2) is 0 Å². The van der Waals surface area contributed by atoms with Crippen LogP contribution in [-0.4, -0.2) is 75.2 Å². The molecule has 0 radical (unpaired) electrons. The van der Waals surface area contributed by atoms with Crippen molar-refractivity contribution in [3.05, 3.63) is 17.5 Å². The van der Waals surface area contributed by atoms with Crippen molar-refractivity contribution in [2.24, 2.45) is 4.99 Å². The van der Waals surface area contributed by atoms with Gasteiger partial charge >= 0.3 is 0 Å². The van der Waals surface area contributed by atoms with Crippen LogP contribution in [0.15, 0.2) is 22.5 Å². The largest absolute Gasteiger partial charge is 0.360 e.